The molecule has 0 aliphatic rings. The molecular formula is C21H31NS. The monoisotopic (exact) mass is 329 g/mol. The third-order valence-electron chi connectivity index (χ3n) is 3.76. The predicted octanol–water partition coefficient (Wildman–Crippen LogP) is 6.76. The Morgan fingerprint density at radius 1 is 1.17 bits per heavy atom. The van der Waals surface area contributed by atoms with Crippen LogP contribution in [-0.4, -0.2) is 4.75 Å². The summed E-state index contributed by atoms with van der Waals surface area (Å²) in [6.45, 7) is 17.3. The summed E-state index contributed by atoms with van der Waals surface area (Å²) in [6.07, 6.45) is 1.85. The van der Waals surface area contributed by atoms with Crippen LogP contribution >= 0.6 is 11.8 Å². The fraction of sp³-hybridized carbons (Fsp3) is 0.571. The molecule has 0 amide bonds. The van der Waals surface area contributed by atoms with E-state index >= 15 is 0 Å². The van der Waals surface area contributed by atoms with Crippen LogP contribution in [0.15, 0.2) is 23.8 Å². The third-order valence-corrected chi connectivity index (χ3v) is 5.15. The Hall–Kier alpha value is -1.20. The van der Waals surface area contributed by atoms with Crippen LogP contribution in [0.1, 0.15) is 71.6 Å². The molecule has 0 radical (unpaired) electrons. The molecule has 0 spiro atoms. The topological polar surface area (TPSA) is 23.8 Å². The van der Waals surface area contributed by atoms with E-state index < -0.39 is 0 Å². The Kier molecular flexibility index (Phi) is 6.54. The molecule has 1 nitrogen and oxygen atoms in total. The second-order valence-corrected chi connectivity index (χ2v) is 9.84. The number of nitriles is 1. The Labute approximate surface area is 147 Å². The summed E-state index contributed by atoms with van der Waals surface area (Å²) in [5, 5.41) is 9.39. The van der Waals surface area contributed by atoms with Gasteiger partial charge in [-0.05, 0) is 57.2 Å². The van der Waals surface area contributed by atoms with Gasteiger partial charge < -0.3 is 0 Å². The molecule has 126 valence electrons. The molecule has 0 saturated heterocycles. The lowest BCUT2D eigenvalue weighted by atomic mass is 9.86. The van der Waals surface area contributed by atoms with Crippen LogP contribution in [0.4, 0.5) is 0 Å². The number of nitrogens with zero attached hydrogens (tertiary/aromatic N) is 1. The first-order valence-electron chi connectivity index (χ1n) is 8.39. The van der Waals surface area contributed by atoms with Gasteiger partial charge in [-0.1, -0.05) is 51.5 Å². The molecule has 0 aromatic heterocycles. The van der Waals surface area contributed by atoms with Crippen molar-refractivity contribution in [2.75, 3.05) is 0 Å². The van der Waals surface area contributed by atoms with Gasteiger partial charge in [-0.15, -0.1) is 11.8 Å². The van der Waals surface area contributed by atoms with Crippen LogP contribution < -0.4 is 0 Å². The van der Waals surface area contributed by atoms with E-state index in [0.717, 1.165) is 12.8 Å². The summed E-state index contributed by atoms with van der Waals surface area (Å²) in [5.41, 5.74) is 4.99. The molecule has 2 heteroatoms. The Morgan fingerprint density at radius 2 is 1.78 bits per heavy atom. The van der Waals surface area contributed by atoms with Crippen LogP contribution in [0.2, 0.25) is 0 Å². The Bertz CT molecular complexity index is 624. The number of hydrogen-bond donors (Lipinski definition) is 0. The predicted molar refractivity (Wildman–Crippen MR) is 105 cm³/mol. The van der Waals surface area contributed by atoms with Gasteiger partial charge in [-0.25, -0.2) is 0 Å². The van der Waals surface area contributed by atoms with E-state index in [1.807, 2.05) is 25.6 Å². The molecule has 1 aromatic carbocycles. The zero-order chi connectivity index (χ0) is 17.8. The zero-order valence-corrected chi connectivity index (χ0v) is 16.8. The van der Waals surface area contributed by atoms with Crippen LogP contribution in [0.25, 0.3) is 4.91 Å². The van der Waals surface area contributed by atoms with E-state index in [1.54, 1.807) is 0 Å². The fourth-order valence-electron chi connectivity index (χ4n) is 2.59. The van der Waals surface area contributed by atoms with Gasteiger partial charge in [0.05, 0.1) is 11.5 Å². The van der Waals surface area contributed by atoms with E-state index in [-0.39, 0.29) is 10.2 Å². The first-order valence-corrected chi connectivity index (χ1v) is 9.20. The lowest BCUT2D eigenvalue weighted by Gasteiger charge is -2.26. The van der Waals surface area contributed by atoms with Gasteiger partial charge in [0.1, 0.15) is 0 Å². The van der Waals surface area contributed by atoms with Crippen molar-refractivity contribution in [3.63, 3.8) is 0 Å². The maximum Gasteiger partial charge on any atom is 0.0687 e. The first kappa shape index (κ1) is 19.8. The quantitative estimate of drug-likeness (QED) is 0.596. The summed E-state index contributed by atoms with van der Waals surface area (Å²) in [6, 6.07) is 9.20. The summed E-state index contributed by atoms with van der Waals surface area (Å²) in [5.74, 6) is 0. The number of allylic oxidation sites excluding steroid dienone is 1. The minimum Gasteiger partial charge on any atom is -0.198 e. The summed E-state index contributed by atoms with van der Waals surface area (Å²) in [7, 11) is 0. The second-order valence-electron chi connectivity index (χ2n) is 8.00. The molecule has 0 N–H and O–H groups in total. The average molecular weight is 330 g/mol. The average Bonchev–Trinajstić information content (AvgIpc) is 2.44. The third kappa shape index (κ3) is 6.07. The maximum absolute atomic E-state index is 9.39. The minimum atomic E-state index is -0.329. The van der Waals surface area contributed by atoms with Crippen molar-refractivity contribution in [1.82, 2.24) is 0 Å². The lowest BCUT2D eigenvalue weighted by molar-refractivity contribution is 0.492. The number of rotatable bonds is 5. The van der Waals surface area contributed by atoms with Crippen molar-refractivity contribution in [2.24, 2.45) is 5.41 Å². The second kappa shape index (κ2) is 7.58. The Balaban J connectivity index is 3.45. The highest BCUT2D eigenvalue weighted by molar-refractivity contribution is 8.09. The van der Waals surface area contributed by atoms with Crippen LogP contribution in [0.3, 0.4) is 0 Å². The molecular weight excluding hydrogens is 298 g/mol. The van der Waals surface area contributed by atoms with Gasteiger partial charge in [0.15, 0.2) is 0 Å². The van der Waals surface area contributed by atoms with Gasteiger partial charge in [0.2, 0.25) is 0 Å². The molecule has 0 fully saturated rings. The SMILES string of the molecule is CCc1ccc(C)c(/C(SC(C)(C)C)=C(\C)CC(C)(C)C#N)c1. The highest BCUT2D eigenvalue weighted by Gasteiger charge is 2.23. The van der Waals surface area contributed by atoms with E-state index in [2.05, 4.69) is 65.8 Å². The van der Waals surface area contributed by atoms with Crippen molar-refractivity contribution >= 4 is 16.7 Å². The zero-order valence-electron chi connectivity index (χ0n) is 16.0. The highest BCUT2D eigenvalue weighted by atomic mass is 32.2. The summed E-state index contributed by atoms with van der Waals surface area (Å²) < 4.78 is 0.141. The standard InChI is InChI=1S/C21H31NS/c1-9-17-11-10-15(2)18(12-17)19(23-20(4,5)6)16(3)13-21(7,8)14-22/h10-12H,9,13H2,1-8H3/b19-16-. The van der Waals surface area contributed by atoms with Gasteiger partial charge in [0.25, 0.3) is 0 Å². The molecule has 0 aliphatic heterocycles. The van der Waals surface area contributed by atoms with Crippen LogP contribution in [0.5, 0.6) is 0 Å². The lowest BCUT2D eigenvalue weighted by Crippen LogP contribution is -2.12. The van der Waals surface area contributed by atoms with Crippen molar-refractivity contribution < 1.29 is 0 Å². The van der Waals surface area contributed by atoms with Gasteiger partial charge in [-0.2, -0.15) is 5.26 Å². The number of aryl methyl sites for hydroxylation is 2. The highest BCUT2D eigenvalue weighted by Crippen LogP contribution is 2.43. The van der Waals surface area contributed by atoms with Crippen LogP contribution in [-0.2, 0) is 6.42 Å². The number of hydrogen-bond acceptors (Lipinski definition) is 2. The maximum atomic E-state index is 9.39. The normalized spacial score (nSPS) is 13.5. The van der Waals surface area contributed by atoms with Crippen molar-refractivity contribution in [3.05, 3.63) is 40.5 Å². The molecule has 0 unspecified atom stereocenters. The van der Waals surface area contributed by atoms with Crippen molar-refractivity contribution in [2.45, 2.75) is 73.0 Å². The fourth-order valence-corrected chi connectivity index (χ4v) is 3.78. The van der Waals surface area contributed by atoms with Gasteiger partial charge in [0, 0.05) is 9.65 Å². The Morgan fingerprint density at radius 3 is 2.26 bits per heavy atom. The smallest absolute Gasteiger partial charge is 0.0687 e. The van der Waals surface area contributed by atoms with Crippen molar-refractivity contribution in [1.29, 1.82) is 5.26 Å². The molecule has 0 atom stereocenters. The summed E-state index contributed by atoms with van der Waals surface area (Å²) >= 11 is 1.92. The molecule has 0 saturated carbocycles. The van der Waals surface area contributed by atoms with E-state index in [4.69, 9.17) is 0 Å². The van der Waals surface area contributed by atoms with Gasteiger partial charge in [-0.3, -0.25) is 0 Å². The number of benzene rings is 1. The molecule has 0 aliphatic carbocycles. The van der Waals surface area contributed by atoms with Crippen LogP contribution in [0, 0.1) is 23.7 Å². The molecule has 0 heterocycles. The molecule has 23 heavy (non-hydrogen) atoms. The van der Waals surface area contributed by atoms with Gasteiger partial charge >= 0.3 is 0 Å². The van der Waals surface area contributed by atoms with E-state index in [0.29, 0.717) is 0 Å². The summed E-state index contributed by atoms with van der Waals surface area (Å²) in [4.78, 5) is 1.34. The largest absolute Gasteiger partial charge is 0.198 e. The number of thioether (sulfide) groups is 1. The molecule has 0 bridgehead atoms. The molecule has 1 aromatic rings. The minimum absolute atomic E-state index is 0.141. The van der Waals surface area contributed by atoms with E-state index in [9.17, 15) is 5.26 Å². The van der Waals surface area contributed by atoms with E-state index in [1.165, 1.54) is 27.2 Å². The molecule has 1 rings (SSSR count). The first-order chi connectivity index (χ1) is 10.5. The van der Waals surface area contributed by atoms with Crippen molar-refractivity contribution in [3.8, 4) is 6.07 Å².